The van der Waals surface area contributed by atoms with E-state index >= 15 is 0 Å². The Morgan fingerprint density at radius 3 is 2.68 bits per heavy atom. The fourth-order valence-corrected chi connectivity index (χ4v) is 3.68. The van der Waals surface area contributed by atoms with Crippen molar-refractivity contribution >= 4 is 40.2 Å². The lowest BCUT2D eigenvalue weighted by Gasteiger charge is -2.16. The van der Waals surface area contributed by atoms with Crippen LogP contribution in [0, 0.1) is 0 Å². The van der Waals surface area contributed by atoms with Gasteiger partial charge in [0.15, 0.2) is 5.16 Å². The van der Waals surface area contributed by atoms with Crippen LogP contribution in [0.2, 0.25) is 0 Å². The van der Waals surface area contributed by atoms with E-state index in [9.17, 15) is 14.4 Å². The average molecular weight is 397 g/mol. The summed E-state index contributed by atoms with van der Waals surface area (Å²) in [6.07, 6.45) is 0.512. The van der Waals surface area contributed by atoms with Gasteiger partial charge in [0.2, 0.25) is 5.91 Å². The van der Waals surface area contributed by atoms with Gasteiger partial charge in [0, 0.05) is 12.7 Å². The topological polar surface area (TPSA) is 101 Å². The molecule has 1 amide bonds. The van der Waals surface area contributed by atoms with Gasteiger partial charge >= 0.3 is 5.97 Å². The van der Waals surface area contributed by atoms with Gasteiger partial charge < -0.3 is 10.4 Å². The molecule has 3 aromatic rings. The minimum Gasteiger partial charge on any atom is -0.478 e. The quantitative estimate of drug-likeness (QED) is 0.489. The number of carboxylic acids is 1. The highest BCUT2D eigenvalue weighted by atomic mass is 32.2. The molecule has 0 spiro atoms. The van der Waals surface area contributed by atoms with E-state index in [0.717, 1.165) is 0 Å². The van der Waals surface area contributed by atoms with Crippen LogP contribution < -0.4 is 10.9 Å². The number of hydrogen-bond donors (Lipinski definition) is 2. The molecule has 1 unspecified atom stereocenters. The lowest BCUT2D eigenvalue weighted by atomic mass is 10.2. The van der Waals surface area contributed by atoms with E-state index in [-0.39, 0.29) is 17.0 Å². The number of fused-ring (bicyclic) bond motifs is 1. The summed E-state index contributed by atoms with van der Waals surface area (Å²) in [5, 5.41) is 12.3. The Labute approximate surface area is 165 Å². The molecule has 7 nitrogen and oxygen atoms in total. The second kappa shape index (κ2) is 8.26. The number of aromatic carboxylic acids is 1. The summed E-state index contributed by atoms with van der Waals surface area (Å²) in [6.45, 7) is 1.87. The van der Waals surface area contributed by atoms with Crippen LogP contribution in [0.15, 0.2) is 58.5 Å². The fraction of sp³-hybridized carbons (Fsp3) is 0.200. The van der Waals surface area contributed by atoms with Gasteiger partial charge in [-0.25, -0.2) is 9.78 Å². The van der Waals surface area contributed by atoms with E-state index in [1.165, 1.54) is 28.5 Å². The maximum atomic E-state index is 12.7. The van der Waals surface area contributed by atoms with Crippen LogP contribution in [0.3, 0.4) is 0 Å². The smallest absolute Gasteiger partial charge is 0.335 e. The molecule has 28 heavy (non-hydrogen) atoms. The highest BCUT2D eigenvalue weighted by Gasteiger charge is 2.21. The van der Waals surface area contributed by atoms with Gasteiger partial charge in [0.25, 0.3) is 5.56 Å². The Kier molecular flexibility index (Phi) is 5.79. The number of para-hydroxylation sites is 1. The van der Waals surface area contributed by atoms with E-state index in [1.807, 2.05) is 13.0 Å². The van der Waals surface area contributed by atoms with Gasteiger partial charge in [-0.05, 0) is 36.8 Å². The molecule has 1 aromatic heterocycles. The van der Waals surface area contributed by atoms with Crippen molar-refractivity contribution in [3.05, 3.63) is 64.4 Å². The number of carbonyl (C=O) groups is 2. The molecular weight excluding hydrogens is 378 g/mol. The fourth-order valence-electron chi connectivity index (χ4n) is 2.71. The van der Waals surface area contributed by atoms with Gasteiger partial charge in [0.05, 0.1) is 21.7 Å². The first-order valence-corrected chi connectivity index (χ1v) is 9.55. The van der Waals surface area contributed by atoms with E-state index < -0.39 is 11.2 Å². The molecule has 0 aliphatic carbocycles. The molecule has 144 valence electrons. The maximum absolute atomic E-state index is 12.7. The van der Waals surface area contributed by atoms with E-state index in [4.69, 9.17) is 5.11 Å². The number of aromatic nitrogens is 2. The minimum atomic E-state index is -1.06. The zero-order valence-corrected chi connectivity index (χ0v) is 16.2. The zero-order valence-electron chi connectivity index (χ0n) is 15.4. The van der Waals surface area contributed by atoms with Crippen LogP contribution in [-0.4, -0.2) is 31.8 Å². The molecule has 0 radical (unpaired) electrons. The van der Waals surface area contributed by atoms with Crippen LogP contribution >= 0.6 is 11.8 Å². The van der Waals surface area contributed by atoms with Crippen molar-refractivity contribution in [1.82, 2.24) is 9.55 Å². The Morgan fingerprint density at radius 2 is 1.96 bits per heavy atom. The van der Waals surface area contributed by atoms with Crippen molar-refractivity contribution in [2.45, 2.75) is 23.8 Å². The van der Waals surface area contributed by atoms with Gasteiger partial charge in [0.1, 0.15) is 0 Å². The van der Waals surface area contributed by atoms with Gasteiger partial charge in [-0.2, -0.15) is 0 Å². The van der Waals surface area contributed by atoms with Crippen molar-refractivity contribution in [3.63, 3.8) is 0 Å². The van der Waals surface area contributed by atoms with Crippen molar-refractivity contribution in [3.8, 4) is 0 Å². The van der Waals surface area contributed by atoms with E-state index in [2.05, 4.69) is 10.3 Å². The molecule has 2 N–H and O–H groups in total. The summed E-state index contributed by atoms with van der Waals surface area (Å²) >= 11 is 1.21. The first-order chi connectivity index (χ1) is 13.4. The molecule has 1 atom stereocenters. The second-order valence-corrected chi connectivity index (χ2v) is 7.34. The second-order valence-electron chi connectivity index (χ2n) is 6.17. The van der Waals surface area contributed by atoms with E-state index in [1.54, 1.807) is 37.4 Å². The molecule has 3 rings (SSSR count). The summed E-state index contributed by atoms with van der Waals surface area (Å²) in [4.78, 5) is 40.8. The first kappa shape index (κ1) is 19.6. The van der Waals surface area contributed by atoms with Crippen molar-refractivity contribution < 1.29 is 14.7 Å². The maximum Gasteiger partial charge on any atom is 0.335 e. The average Bonchev–Trinajstić information content (AvgIpc) is 2.69. The number of anilines is 1. The largest absolute Gasteiger partial charge is 0.478 e. The van der Waals surface area contributed by atoms with Crippen molar-refractivity contribution in [2.75, 3.05) is 5.32 Å². The molecule has 0 aliphatic rings. The molecule has 0 aliphatic heterocycles. The molecule has 0 saturated heterocycles. The Hall–Kier alpha value is -3.13. The minimum absolute atomic E-state index is 0.0945. The summed E-state index contributed by atoms with van der Waals surface area (Å²) in [5.74, 6) is -1.34. The van der Waals surface area contributed by atoms with Crippen LogP contribution in [0.1, 0.15) is 23.7 Å². The molecule has 0 fully saturated rings. The first-order valence-electron chi connectivity index (χ1n) is 8.67. The number of amides is 1. The monoisotopic (exact) mass is 397 g/mol. The van der Waals surface area contributed by atoms with Crippen LogP contribution in [0.25, 0.3) is 10.9 Å². The third kappa shape index (κ3) is 4.07. The van der Waals surface area contributed by atoms with Crippen LogP contribution in [0.4, 0.5) is 5.69 Å². The number of nitrogens with one attached hydrogen (secondary N) is 1. The number of carbonyl (C=O) groups excluding carboxylic acids is 1. The Balaban J connectivity index is 1.84. The predicted octanol–water partition coefficient (Wildman–Crippen LogP) is 3.14. The SMILES string of the molecule is CCC(Sc1nc2ccccc2c(=O)n1C)C(=O)Nc1cccc(C(=O)O)c1. The Morgan fingerprint density at radius 1 is 1.21 bits per heavy atom. The predicted molar refractivity (Wildman–Crippen MR) is 109 cm³/mol. The number of rotatable bonds is 6. The van der Waals surface area contributed by atoms with Crippen LogP contribution in [-0.2, 0) is 11.8 Å². The third-order valence-corrected chi connectivity index (χ3v) is 5.64. The molecular formula is C20H19N3O4S. The lowest BCUT2D eigenvalue weighted by molar-refractivity contribution is -0.115. The zero-order chi connectivity index (χ0) is 20.3. The molecule has 2 aromatic carbocycles. The standard InChI is InChI=1S/C20H19N3O4S/c1-3-16(17(24)21-13-8-6-7-12(11-13)19(26)27)28-20-22-15-10-5-4-9-14(15)18(25)23(20)2/h4-11,16H,3H2,1-2H3,(H,21,24)(H,26,27). The number of benzene rings is 2. The van der Waals surface area contributed by atoms with Gasteiger partial charge in [-0.1, -0.05) is 36.9 Å². The lowest BCUT2D eigenvalue weighted by Crippen LogP contribution is -2.27. The van der Waals surface area contributed by atoms with Crippen molar-refractivity contribution in [1.29, 1.82) is 0 Å². The number of nitrogens with zero attached hydrogens (tertiary/aromatic N) is 2. The summed E-state index contributed by atoms with van der Waals surface area (Å²) in [5.41, 5.74) is 0.913. The van der Waals surface area contributed by atoms with Gasteiger partial charge in [-0.15, -0.1) is 0 Å². The Bertz CT molecular complexity index is 1110. The van der Waals surface area contributed by atoms with Crippen molar-refractivity contribution in [2.24, 2.45) is 7.05 Å². The highest BCUT2D eigenvalue weighted by Crippen LogP contribution is 2.25. The molecule has 1 heterocycles. The van der Waals surface area contributed by atoms with Crippen LogP contribution in [0.5, 0.6) is 0 Å². The number of hydrogen-bond acceptors (Lipinski definition) is 5. The normalized spacial score (nSPS) is 11.9. The van der Waals surface area contributed by atoms with E-state index in [0.29, 0.717) is 28.2 Å². The molecule has 0 saturated carbocycles. The number of thioether (sulfide) groups is 1. The highest BCUT2D eigenvalue weighted by molar-refractivity contribution is 8.00. The third-order valence-electron chi connectivity index (χ3n) is 4.23. The molecule has 8 heteroatoms. The summed E-state index contributed by atoms with van der Waals surface area (Å²) in [7, 11) is 1.63. The molecule has 0 bridgehead atoms. The summed E-state index contributed by atoms with van der Waals surface area (Å²) < 4.78 is 1.44. The van der Waals surface area contributed by atoms with Gasteiger partial charge in [-0.3, -0.25) is 14.2 Å². The summed E-state index contributed by atoms with van der Waals surface area (Å²) in [6, 6.07) is 13.1. The number of carboxylic acid groups (broad SMARTS) is 1.